The Morgan fingerprint density at radius 2 is 1.93 bits per heavy atom. The first-order valence-corrected chi connectivity index (χ1v) is 5.96. The Hall–Kier alpha value is -0.570. The zero-order valence-electron chi connectivity index (χ0n) is 8.75. The van der Waals surface area contributed by atoms with Gasteiger partial charge in [-0.3, -0.25) is 0 Å². The summed E-state index contributed by atoms with van der Waals surface area (Å²) in [5, 5.41) is 0. The first kappa shape index (κ1) is 9.97. The summed E-state index contributed by atoms with van der Waals surface area (Å²) in [6.45, 7) is 2.07. The molecule has 78 valence electrons. The third-order valence-electron chi connectivity index (χ3n) is 3.09. The monoisotopic (exact) mass is 210 g/mol. The molecule has 3 heteroatoms. The number of nitrogens with one attached hydrogen (secondary N) is 1. The number of aromatic nitrogens is 2. The van der Waals surface area contributed by atoms with Gasteiger partial charge in [0.25, 0.3) is 0 Å². The van der Waals surface area contributed by atoms with Gasteiger partial charge in [-0.25, -0.2) is 0 Å². The molecule has 1 saturated carbocycles. The van der Waals surface area contributed by atoms with Crippen LogP contribution in [0.5, 0.6) is 0 Å². The third kappa shape index (κ3) is 2.08. The Bertz CT molecular complexity index is 342. The van der Waals surface area contributed by atoms with Crippen molar-refractivity contribution in [3.05, 3.63) is 16.7 Å². The van der Waals surface area contributed by atoms with Crippen molar-refractivity contribution in [1.29, 1.82) is 0 Å². The molecule has 0 bridgehead atoms. The number of imidazole rings is 1. The summed E-state index contributed by atoms with van der Waals surface area (Å²) >= 11 is 5.31. The lowest BCUT2D eigenvalue weighted by molar-refractivity contribution is 0.439. The van der Waals surface area contributed by atoms with Crippen LogP contribution >= 0.6 is 12.2 Å². The smallest absolute Gasteiger partial charge is 0.177 e. The van der Waals surface area contributed by atoms with Crippen LogP contribution in [0.15, 0.2) is 6.20 Å². The highest BCUT2D eigenvalue weighted by Crippen LogP contribution is 2.27. The molecule has 0 amide bonds. The number of hydrogen-bond donors (Lipinski definition) is 1. The molecule has 0 radical (unpaired) electrons. The average Bonchev–Trinajstić information content (AvgIpc) is 2.43. The Labute approximate surface area is 90.3 Å². The summed E-state index contributed by atoms with van der Waals surface area (Å²) in [6, 6.07) is 0.648. The van der Waals surface area contributed by atoms with E-state index in [9.17, 15) is 0 Å². The Balaban J connectivity index is 2.20. The fourth-order valence-electron chi connectivity index (χ4n) is 2.34. The Morgan fingerprint density at radius 3 is 2.43 bits per heavy atom. The van der Waals surface area contributed by atoms with E-state index in [1.165, 1.54) is 44.2 Å². The highest BCUT2D eigenvalue weighted by Gasteiger charge is 2.14. The van der Waals surface area contributed by atoms with E-state index >= 15 is 0 Å². The second-order valence-corrected chi connectivity index (χ2v) is 4.68. The summed E-state index contributed by atoms with van der Waals surface area (Å²) in [5.41, 5.74) is 1.18. The first-order valence-electron chi connectivity index (χ1n) is 5.55. The van der Waals surface area contributed by atoms with Crippen LogP contribution in [-0.2, 0) is 0 Å². The molecule has 1 aromatic heterocycles. The zero-order valence-corrected chi connectivity index (χ0v) is 9.57. The summed E-state index contributed by atoms with van der Waals surface area (Å²) in [4.78, 5) is 3.20. The van der Waals surface area contributed by atoms with Crippen LogP contribution in [0.4, 0.5) is 0 Å². The van der Waals surface area contributed by atoms with Gasteiger partial charge in [0.2, 0.25) is 0 Å². The van der Waals surface area contributed by atoms with Crippen LogP contribution in [0.3, 0.4) is 0 Å². The van der Waals surface area contributed by atoms with Crippen LogP contribution in [0.1, 0.15) is 50.3 Å². The highest BCUT2D eigenvalue weighted by molar-refractivity contribution is 7.71. The molecule has 1 fully saturated rings. The van der Waals surface area contributed by atoms with Crippen molar-refractivity contribution in [3.63, 3.8) is 0 Å². The van der Waals surface area contributed by atoms with Gasteiger partial charge in [-0.2, -0.15) is 0 Å². The lowest BCUT2D eigenvalue weighted by atomic mass is 10.1. The molecule has 0 aliphatic heterocycles. The Morgan fingerprint density at radius 1 is 1.29 bits per heavy atom. The van der Waals surface area contributed by atoms with Gasteiger partial charge in [0.15, 0.2) is 4.77 Å². The van der Waals surface area contributed by atoms with Crippen molar-refractivity contribution < 1.29 is 0 Å². The SMILES string of the molecule is Cc1cn(C2CCCCCC2)c(=S)[nH]1. The first-order chi connectivity index (χ1) is 6.77. The number of hydrogen-bond acceptors (Lipinski definition) is 1. The minimum Gasteiger partial charge on any atom is -0.335 e. The molecule has 1 aromatic rings. The van der Waals surface area contributed by atoms with E-state index in [2.05, 4.69) is 22.7 Å². The largest absolute Gasteiger partial charge is 0.335 e. The van der Waals surface area contributed by atoms with E-state index in [0.29, 0.717) is 6.04 Å². The van der Waals surface area contributed by atoms with Crippen LogP contribution in [-0.4, -0.2) is 9.55 Å². The molecule has 0 aromatic carbocycles. The molecule has 1 N–H and O–H groups in total. The fourth-order valence-corrected chi connectivity index (χ4v) is 2.70. The van der Waals surface area contributed by atoms with Crippen molar-refractivity contribution in [3.8, 4) is 0 Å². The number of rotatable bonds is 1. The van der Waals surface area contributed by atoms with E-state index in [-0.39, 0.29) is 0 Å². The minimum absolute atomic E-state index is 0.648. The van der Waals surface area contributed by atoms with Gasteiger partial charge in [0.05, 0.1) is 0 Å². The standard InChI is InChI=1S/C11H18N2S/c1-9-8-13(11(14)12-9)10-6-4-2-3-5-7-10/h8,10H,2-7H2,1H3,(H,12,14). The zero-order chi connectivity index (χ0) is 9.97. The van der Waals surface area contributed by atoms with E-state index in [1.54, 1.807) is 0 Å². The quantitative estimate of drug-likeness (QED) is 0.553. The molecule has 14 heavy (non-hydrogen) atoms. The summed E-state index contributed by atoms with van der Waals surface area (Å²) in [6.07, 6.45) is 10.3. The van der Waals surface area contributed by atoms with Crippen molar-refractivity contribution in [2.45, 2.75) is 51.5 Å². The topological polar surface area (TPSA) is 20.7 Å². The van der Waals surface area contributed by atoms with Gasteiger partial charge in [0, 0.05) is 17.9 Å². The number of nitrogens with zero attached hydrogens (tertiary/aromatic N) is 1. The lowest BCUT2D eigenvalue weighted by Gasteiger charge is -2.15. The maximum Gasteiger partial charge on any atom is 0.177 e. The predicted molar refractivity (Wildman–Crippen MR) is 61.1 cm³/mol. The molecule has 1 heterocycles. The Kier molecular flexibility index (Phi) is 3.06. The van der Waals surface area contributed by atoms with Crippen molar-refractivity contribution in [2.75, 3.05) is 0 Å². The van der Waals surface area contributed by atoms with Crippen LogP contribution in [0.25, 0.3) is 0 Å². The van der Waals surface area contributed by atoms with Crippen LogP contribution < -0.4 is 0 Å². The normalized spacial score (nSPS) is 19.5. The predicted octanol–water partition coefficient (Wildman–Crippen LogP) is 3.75. The van der Waals surface area contributed by atoms with Gasteiger partial charge in [-0.05, 0) is 32.0 Å². The van der Waals surface area contributed by atoms with Crippen molar-refractivity contribution in [1.82, 2.24) is 9.55 Å². The lowest BCUT2D eigenvalue weighted by Crippen LogP contribution is -2.06. The average molecular weight is 210 g/mol. The number of aromatic amines is 1. The van der Waals surface area contributed by atoms with Crippen LogP contribution in [0, 0.1) is 11.7 Å². The van der Waals surface area contributed by atoms with E-state index < -0.39 is 0 Å². The second kappa shape index (κ2) is 4.30. The number of H-pyrrole nitrogens is 1. The van der Waals surface area contributed by atoms with E-state index in [4.69, 9.17) is 12.2 Å². The van der Waals surface area contributed by atoms with E-state index in [1.807, 2.05) is 0 Å². The maximum absolute atomic E-state index is 5.31. The molecule has 1 aliphatic rings. The summed E-state index contributed by atoms with van der Waals surface area (Å²) in [5.74, 6) is 0. The number of aryl methyl sites for hydroxylation is 1. The molecule has 0 saturated heterocycles. The van der Waals surface area contributed by atoms with Crippen LogP contribution in [0.2, 0.25) is 0 Å². The van der Waals surface area contributed by atoms with Gasteiger partial charge < -0.3 is 9.55 Å². The molecule has 0 atom stereocenters. The van der Waals surface area contributed by atoms with Gasteiger partial charge in [0.1, 0.15) is 0 Å². The molecule has 2 rings (SSSR count). The second-order valence-electron chi connectivity index (χ2n) is 4.29. The van der Waals surface area contributed by atoms with Gasteiger partial charge in [-0.1, -0.05) is 25.7 Å². The molecule has 1 aliphatic carbocycles. The van der Waals surface area contributed by atoms with Crippen molar-refractivity contribution >= 4 is 12.2 Å². The molecular weight excluding hydrogens is 192 g/mol. The molecule has 2 nitrogen and oxygen atoms in total. The minimum atomic E-state index is 0.648. The molecule has 0 spiro atoms. The molecule has 0 unspecified atom stereocenters. The highest BCUT2D eigenvalue weighted by atomic mass is 32.1. The van der Waals surface area contributed by atoms with Gasteiger partial charge >= 0.3 is 0 Å². The summed E-state index contributed by atoms with van der Waals surface area (Å²) in [7, 11) is 0. The van der Waals surface area contributed by atoms with Gasteiger partial charge in [-0.15, -0.1) is 0 Å². The van der Waals surface area contributed by atoms with E-state index in [0.717, 1.165) is 4.77 Å². The maximum atomic E-state index is 5.31. The third-order valence-corrected chi connectivity index (χ3v) is 3.40. The summed E-state index contributed by atoms with van der Waals surface area (Å²) < 4.78 is 3.16. The molecular formula is C11H18N2S. The fraction of sp³-hybridized carbons (Fsp3) is 0.727. The van der Waals surface area contributed by atoms with Crippen molar-refractivity contribution in [2.24, 2.45) is 0 Å².